The fraction of sp³-hybridized carbons (Fsp3) is 0.414. The second-order valence-corrected chi connectivity index (χ2v) is 9.50. The van der Waals surface area contributed by atoms with Crippen molar-refractivity contribution in [2.45, 2.75) is 38.8 Å². The molecular formula is C29H35FN2O4. The highest BCUT2D eigenvalue weighted by Gasteiger charge is 2.33. The van der Waals surface area contributed by atoms with Crippen molar-refractivity contribution in [2.24, 2.45) is 5.92 Å². The standard InChI is InChI=1S/C29H35FN2O4/c1-21-26(12-16-35-21)29(34)31(2)28(19-24-7-3-4-9-27(24)30)23-10-13-32(14-11-23)20-22-6-5-8-25(18-22)36-17-15-33/h3-9,12,16,18,23,28,33H,10-11,13-15,17,19-20H2,1-2H3. The summed E-state index contributed by atoms with van der Waals surface area (Å²) >= 11 is 0. The molecule has 0 aliphatic carbocycles. The number of aliphatic hydroxyl groups is 1. The molecular weight excluding hydrogens is 459 g/mol. The average Bonchev–Trinajstić information content (AvgIpc) is 3.32. The molecule has 36 heavy (non-hydrogen) atoms. The molecule has 0 spiro atoms. The monoisotopic (exact) mass is 494 g/mol. The van der Waals surface area contributed by atoms with Crippen LogP contribution in [0.1, 0.15) is 40.1 Å². The molecule has 7 heteroatoms. The first kappa shape index (κ1) is 25.9. The molecule has 1 atom stereocenters. The van der Waals surface area contributed by atoms with Crippen LogP contribution in [-0.2, 0) is 13.0 Å². The molecule has 1 N–H and O–H groups in total. The van der Waals surface area contributed by atoms with Gasteiger partial charge in [0.25, 0.3) is 5.91 Å². The summed E-state index contributed by atoms with van der Waals surface area (Å²) in [5.74, 6) is 1.28. The lowest BCUT2D eigenvalue weighted by molar-refractivity contribution is 0.0581. The number of carbonyl (C=O) groups excluding carboxylic acids is 1. The molecule has 2 aromatic carbocycles. The summed E-state index contributed by atoms with van der Waals surface area (Å²) in [7, 11) is 1.82. The molecule has 1 saturated heterocycles. The Labute approximate surface area is 212 Å². The number of ether oxygens (including phenoxy) is 1. The van der Waals surface area contributed by atoms with Gasteiger partial charge in [-0.15, -0.1) is 0 Å². The summed E-state index contributed by atoms with van der Waals surface area (Å²) in [4.78, 5) is 17.5. The van der Waals surface area contributed by atoms with E-state index in [2.05, 4.69) is 11.0 Å². The van der Waals surface area contributed by atoms with Gasteiger partial charge in [0, 0.05) is 19.6 Å². The van der Waals surface area contributed by atoms with Crippen molar-refractivity contribution in [2.75, 3.05) is 33.4 Å². The summed E-state index contributed by atoms with van der Waals surface area (Å²) < 4.78 is 25.5. The lowest BCUT2D eigenvalue weighted by atomic mass is 9.84. The number of piperidine rings is 1. The Morgan fingerprint density at radius 1 is 1.19 bits per heavy atom. The summed E-state index contributed by atoms with van der Waals surface area (Å²) in [5, 5.41) is 8.99. The molecule has 3 aromatic rings. The average molecular weight is 495 g/mol. The van der Waals surface area contributed by atoms with Crippen LogP contribution in [0.3, 0.4) is 0 Å². The van der Waals surface area contributed by atoms with Crippen molar-refractivity contribution < 1.29 is 23.4 Å². The molecule has 1 amide bonds. The molecule has 1 unspecified atom stereocenters. The van der Waals surface area contributed by atoms with E-state index in [1.165, 1.54) is 12.3 Å². The van der Waals surface area contributed by atoms with Gasteiger partial charge in [-0.3, -0.25) is 9.69 Å². The Balaban J connectivity index is 1.45. The van der Waals surface area contributed by atoms with Crippen molar-refractivity contribution in [1.29, 1.82) is 0 Å². The van der Waals surface area contributed by atoms with Crippen LogP contribution in [0, 0.1) is 18.7 Å². The van der Waals surface area contributed by atoms with Gasteiger partial charge >= 0.3 is 0 Å². The largest absolute Gasteiger partial charge is 0.491 e. The molecule has 4 rings (SSSR count). The lowest BCUT2D eigenvalue weighted by Gasteiger charge is -2.40. The predicted octanol–water partition coefficient (Wildman–Crippen LogP) is 4.69. The van der Waals surface area contributed by atoms with Crippen molar-refractivity contribution in [3.8, 4) is 5.75 Å². The van der Waals surface area contributed by atoms with E-state index in [4.69, 9.17) is 14.3 Å². The third-order valence-corrected chi connectivity index (χ3v) is 7.13. The quantitative estimate of drug-likeness (QED) is 0.443. The number of nitrogens with zero attached hydrogens (tertiary/aromatic N) is 2. The number of amides is 1. The normalized spacial score (nSPS) is 15.6. The highest BCUT2D eigenvalue weighted by molar-refractivity contribution is 5.95. The highest BCUT2D eigenvalue weighted by Crippen LogP contribution is 2.29. The van der Waals surface area contributed by atoms with Crippen molar-refractivity contribution in [3.63, 3.8) is 0 Å². The van der Waals surface area contributed by atoms with E-state index >= 15 is 0 Å². The number of carbonyl (C=O) groups is 1. The van der Waals surface area contributed by atoms with E-state index in [0.717, 1.165) is 43.8 Å². The molecule has 1 aromatic heterocycles. The third-order valence-electron chi connectivity index (χ3n) is 7.13. The molecule has 0 radical (unpaired) electrons. The number of aliphatic hydroxyl groups excluding tert-OH is 1. The summed E-state index contributed by atoms with van der Waals surface area (Å²) in [6, 6.07) is 16.4. The van der Waals surface area contributed by atoms with Gasteiger partial charge in [0.15, 0.2) is 0 Å². The number of aryl methyl sites for hydroxylation is 1. The fourth-order valence-corrected chi connectivity index (χ4v) is 5.11. The Hall–Kier alpha value is -3.16. The number of furan rings is 1. The van der Waals surface area contributed by atoms with Crippen LogP contribution in [0.2, 0.25) is 0 Å². The van der Waals surface area contributed by atoms with E-state index in [1.54, 1.807) is 24.0 Å². The van der Waals surface area contributed by atoms with Gasteiger partial charge in [-0.05, 0) is 80.6 Å². The molecule has 1 aliphatic heterocycles. The topological polar surface area (TPSA) is 66.2 Å². The molecule has 1 fully saturated rings. The molecule has 0 saturated carbocycles. The minimum atomic E-state index is -0.233. The van der Waals surface area contributed by atoms with E-state index in [0.29, 0.717) is 23.3 Å². The fourth-order valence-electron chi connectivity index (χ4n) is 5.11. The van der Waals surface area contributed by atoms with Gasteiger partial charge < -0.3 is 19.2 Å². The maximum atomic E-state index is 14.6. The zero-order valence-electron chi connectivity index (χ0n) is 21.0. The number of benzene rings is 2. The molecule has 6 nitrogen and oxygen atoms in total. The maximum absolute atomic E-state index is 14.6. The summed E-state index contributed by atoms with van der Waals surface area (Å²) in [6.45, 7) is 4.66. The third kappa shape index (κ3) is 6.33. The van der Waals surface area contributed by atoms with Crippen LogP contribution >= 0.6 is 0 Å². The van der Waals surface area contributed by atoms with Crippen molar-refractivity contribution in [3.05, 3.63) is 89.1 Å². The minimum absolute atomic E-state index is 0.0110. The van der Waals surface area contributed by atoms with Gasteiger partial charge in [-0.2, -0.15) is 0 Å². The van der Waals surface area contributed by atoms with Crippen molar-refractivity contribution >= 4 is 5.91 Å². The second kappa shape index (κ2) is 12.2. The minimum Gasteiger partial charge on any atom is -0.491 e. The Bertz CT molecular complexity index is 1140. The van der Waals surface area contributed by atoms with Gasteiger partial charge in [-0.25, -0.2) is 4.39 Å². The van der Waals surface area contributed by atoms with Crippen LogP contribution in [0.5, 0.6) is 5.75 Å². The van der Waals surface area contributed by atoms with Crippen LogP contribution in [0.25, 0.3) is 0 Å². The first-order valence-electron chi connectivity index (χ1n) is 12.6. The zero-order valence-corrected chi connectivity index (χ0v) is 21.0. The zero-order chi connectivity index (χ0) is 25.5. The number of rotatable bonds is 10. The number of likely N-dealkylation sites (tertiary alicyclic amines) is 1. The molecule has 1 aliphatic rings. The van der Waals surface area contributed by atoms with E-state index in [-0.39, 0.29) is 36.9 Å². The number of halogens is 1. The van der Waals surface area contributed by atoms with E-state index < -0.39 is 0 Å². The Morgan fingerprint density at radius 2 is 1.97 bits per heavy atom. The summed E-state index contributed by atoms with van der Waals surface area (Å²) in [6.07, 6.45) is 3.84. The predicted molar refractivity (Wildman–Crippen MR) is 136 cm³/mol. The van der Waals surface area contributed by atoms with E-state index in [1.807, 2.05) is 37.4 Å². The van der Waals surface area contributed by atoms with Gasteiger partial charge in [0.2, 0.25) is 0 Å². The SMILES string of the molecule is Cc1occc1C(=O)N(C)C(Cc1ccccc1F)C1CCN(Cc2cccc(OCCO)c2)CC1. The number of likely N-dealkylation sites (N-methyl/N-ethyl adjacent to an activating group) is 1. The maximum Gasteiger partial charge on any atom is 0.257 e. The summed E-state index contributed by atoms with van der Waals surface area (Å²) in [5.41, 5.74) is 2.35. The van der Waals surface area contributed by atoms with Gasteiger partial charge in [0.1, 0.15) is 23.9 Å². The van der Waals surface area contributed by atoms with Crippen molar-refractivity contribution in [1.82, 2.24) is 9.80 Å². The van der Waals surface area contributed by atoms with Crippen LogP contribution < -0.4 is 4.74 Å². The first-order chi connectivity index (χ1) is 17.5. The van der Waals surface area contributed by atoms with Crippen LogP contribution in [0.4, 0.5) is 4.39 Å². The highest BCUT2D eigenvalue weighted by atomic mass is 19.1. The van der Waals surface area contributed by atoms with Crippen LogP contribution in [-0.4, -0.2) is 60.2 Å². The second-order valence-electron chi connectivity index (χ2n) is 9.50. The Morgan fingerprint density at radius 3 is 2.67 bits per heavy atom. The number of hydrogen-bond acceptors (Lipinski definition) is 5. The first-order valence-corrected chi connectivity index (χ1v) is 12.6. The molecule has 0 bridgehead atoms. The van der Waals surface area contributed by atoms with Crippen LogP contribution in [0.15, 0.2) is 65.3 Å². The Kier molecular flexibility index (Phi) is 8.78. The van der Waals surface area contributed by atoms with E-state index in [9.17, 15) is 9.18 Å². The smallest absolute Gasteiger partial charge is 0.257 e. The lowest BCUT2D eigenvalue weighted by Crippen LogP contribution is -2.47. The van der Waals surface area contributed by atoms with Gasteiger partial charge in [0.05, 0.1) is 18.4 Å². The van der Waals surface area contributed by atoms with Gasteiger partial charge in [-0.1, -0.05) is 30.3 Å². The number of hydrogen-bond donors (Lipinski definition) is 1. The molecule has 192 valence electrons. The molecule has 2 heterocycles.